The van der Waals surface area contributed by atoms with Crippen LogP contribution >= 0.6 is 0 Å². The van der Waals surface area contributed by atoms with Crippen molar-refractivity contribution in [2.45, 2.75) is 26.4 Å². The zero-order chi connectivity index (χ0) is 10.6. The Balaban J connectivity index is 4.16. The van der Waals surface area contributed by atoms with Gasteiger partial charge in [-0.25, -0.2) is 0 Å². The number of hydrogen-bond acceptors (Lipinski definition) is 2. The summed E-state index contributed by atoms with van der Waals surface area (Å²) in [7, 11) is 0. The molecule has 2 amide bonds. The number of halogens is 3. The van der Waals surface area contributed by atoms with E-state index in [2.05, 4.69) is 0 Å². The smallest absolute Gasteiger partial charge is 0.288 e. The van der Waals surface area contributed by atoms with Gasteiger partial charge in [0.25, 0.3) is 0 Å². The standard InChI is InChI=1S/C7H10F3NO2/c1-3-4(2)5(12)11-6(13)7(8,9)10/h4H,3H2,1-2H3,(H,11,12,13). The van der Waals surface area contributed by atoms with Gasteiger partial charge in [0.15, 0.2) is 0 Å². The second-order valence-electron chi connectivity index (χ2n) is 2.63. The van der Waals surface area contributed by atoms with Gasteiger partial charge < -0.3 is 0 Å². The number of rotatable bonds is 2. The Hall–Kier alpha value is -1.07. The lowest BCUT2D eigenvalue weighted by Gasteiger charge is -2.09. The Morgan fingerprint density at radius 1 is 1.38 bits per heavy atom. The molecular weight excluding hydrogens is 187 g/mol. The summed E-state index contributed by atoms with van der Waals surface area (Å²) in [5.74, 6) is -3.70. The van der Waals surface area contributed by atoms with Crippen molar-refractivity contribution in [2.75, 3.05) is 0 Å². The molecule has 0 spiro atoms. The maximum Gasteiger partial charge on any atom is 0.471 e. The third-order valence-corrected chi connectivity index (χ3v) is 1.55. The van der Waals surface area contributed by atoms with Gasteiger partial charge in [-0.1, -0.05) is 13.8 Å². The summed E-state index contributed by atoms with van der Waals surface area (Å²) >= 11 is 0. The molecule has 76 valence electrons. The van der Waals surface area contributed by atoms with Crippen LogP contribution in [0, 0.1) is 5.92 Å². The third kappa shape index (κ3) is 3.91. The van der Waals surface area contributed by atoms with Gasteiger partial charge in [0.05, 0.1) is 0 Å². The van der Waals surface area contributed by atoms with E-state index < -0.39 is 23.9 Å². The fraction of sp³-hybridized carbons (Fsp3) is 0.714. The molecule has 0 bridgehead atoms. The van der Waals surface area contributed by atoms with Gasteiger partial charge in [0.1, 0.15) is 0 Å². The Labute approximate surface area is 73.3 Å². The van der Waals surface area contributed by atoms with Gasteiger partial charge in [0, 0.05) is 5.92 Å². The first-order valence-electron chi connectivity index (χ1n) is 3.71. The quantitative estimate of drug-likeness (QED) is 0.723. The summed E-state index contributed by atoms with van der Waals surface area (Å²) in [4.78, 5) is 21.0. The Morgan fingerprint density at radius 3 is 2.15 bits per heavy atom. The molecule has 0 saturated heterocycles. The molecular formula is C7H10F3NO2. The lowest BCUT2D eigenvalue weighted by Crippen LogP contribution is -2.42. The molecule has 0 aromatic rings. The van der Waals surface area contributed by atoms with Crippen LogP contribution in [0.3, 0.4) is 0 Å². The molecule has 0 rings (SSSR count). The van der Waals surface area contributed by atoms with Crippen LogP contribution in [0.1, 0.15) is 20.3 Å². The van der Waals surface area contributed by atoms with E-state index in [0.717, 1.165) is 0 Å². The molecule has 0 heterocycles. The topological polar surface area (TPSA) is 46.2 Å². The second kappa shape index (κ2) is 4.25. The van der Waals surface area contributed by atoms with E-state index in [1.165, 1.54) is 12.2 Å². The van der Waals surface area contributed by atoms with Crippen LogP contribution in [0.4, 0.5) is 13.2 Å². The van der Waals surface area contributed by atoms with Gasteiger partial charge in [-0.3, -0.25) is 14.9 Å². The van der Waals surface area contributed by atoms with E-state index in [4.69, 9.17) is 0 Å². The molecule has 0 saturated carbocycles. The number of imide groups is 1. The van der Waals surface area contributed by atoms with Crippen LogP contribution in [-0.4, -0.2) is 18.0 Å². The van der Waals surface area contributed by atoms with Gasteiger partial charge in [-0.2, -0.15) is 13.2 Å². The molecule has 0 fully saturated rings. The summed E-state index contributed by atoms with van der Waals surface area (Å²) in [5, 5.41) is 1.27. The lowest BCUT2D eigenvalue weighted by molar-refractivity contribution is -0.175. The molecule has 1 atom stereocenters. The van der Waals surface area contributed by atoms with Crippen LogP contribution in [0.2, 0.25) is 0 Å². The van der Waals surface area contributed by atoms with E-state index in [9.17, 15) is 22.8 Å². The van der Waals surface area contributed by atoms with Gasteiger partial charge >= 0.3 is 12.1 Å². The molecule has 6 heteroatoms. The van der Waals surface area contributed by atoms with E-state index in [1.54, 1.807) is 6.92 Å². The first-order chi connectivity index (χ1) is 5.79. The molecule has 1 N–H and O–H groups in total. The van der Waals surface area contributed by atoms with Crippen molar-refractivity contribution in [3.05, 3.63) is 0 Å². The first kappa shape index (κ1) is 11.9. The minimum absolute atomic E-state index is 0.386. The van der Waals surface area contributed by atoms with Crippen molar-refractivity contribution >= 4 is 11.8 Å². The maximum absolute atomic E-state index is 11.6. The summed E-state index contributed by atoms with van der Waals surface area (Å²) in [5.41, 5.74) is 0. The van der Waals surface area contributed by atoms with Crippen molar-refractivity contribution in [2.24, 2.45) is 5.92 Å². The molecule has 3 nitrogen and oxygen atoms in total. The molecule has 0 aliphatic carbocycles. The van der Waals surface area contributed by atoms with Crippen molar-refractivity contribution in [3.63, 3.8) is 0 Å². The second-order valence-corrected chi connectivity index (χ2v) is 2.63. The monoisotopic (exact) mass is 197 g/mol. The fourth-order valence-corrected chi connectivity index (χ4v) is 0.491. The normalized spacial score (nSPS) is 13.6. The Kier molecular flexibility index (Phi) is 3.90. The number of hydrogen-bond donors (Lipinski definition) is 1. The van der Waals surface area contributed by atoms with Crippen LogP contribution in [0.5, 0.6) is 0 Å². The maximum atomic E-state index is 11.6. The Morgan fingerprint density at radius 2 is 1.85 bits per heavy atom. The molecule has 13 heavy (non-hydrogen) atoms. The van der Waals surface area contributed by atoms with Crippen LogP contribution < -0.4 is 5.32 Å². The van der Waals surface area contributed by atoms with E-state index >= 15 is 0 Å². The number of amides is 2. The Bertz CT molecular complexity index is 212. The van der Waals surface area contributed by atoms with E-state index in [0.29, 0.717) is 6.42 Å². The molecule has 0 aliphatic heterocycles. The highest BCUT2D eigenvalue weighted by atomic mass is 19.4. The molecule has 0 aromatic carbocycles. The van der Waals surface area contributed by atoms with E-state index in [-0.39, 0.29) is 0 Å². The molecule has 0 radical (unpaired) electrons. The van der Waals surface area contributed by atoms with Crippen molar-refractivity contribution < 1.29 is 22.8 Å². The minimum atomic E-state index is -5.00. The SMILES string of the molecule is CCC(C)C(=O)NC(=O)C(F)(F)F. The average molecular weight is 197 g/mol. The van der Waals surface area contributed by atoms with E-state index in [1.807, 2.05) is 0 Å². The molecule has 0 aliphatic rings. The summed E-state index contributed by atoms with van der Waals surface area (Å²) in [6.07, 6.45) is -4.61. The number of carbonyl (C=O) groups is 2. The summed E-state index contributed by atoms with van der Waals surface area (Å²) in [6, 6.07) is 0. The van der Waals surface area contributed by atoms with Crippen LogP contribution in [0.25, 0.3) is 0 Å². The summed E-state index contributed by atoms with van der Waals surface area (Å²) in [6.45, 7) is 3.08. The number of alkyl halides is 3. The van der Waals surface area contributed by atoms with Gasteiger partial charge in [-0.05, 0) is 6.42 Å². The average Bonchev–Trinajstić information content (AvgIpc) is 2.01. The van der Waals surface area contributed by atoms with Crippen LogP contribution in [0.15, 0.2) is 0 Å². The lowest BCUT2D eigenvalue weighted by atomic mass is 10.1. The molecule has 1 unspecified atom stereocenters. The molecule has 0 aromatic heterocycles. The van der Waals surface area contributed by atoms with Crippen molar-refractivity contribution in [1.82, 2.24) is 5.32 Å². The van der Waals surface area contributed by atoms with Crippen molar-refractivity contribution in [3.8, 4) is 0 Å². The highest BCUT2D eigenvalue weighted by Gasteiger charge is 2.40. The van der Waals surface area contributed by atoms with Gasteiger partial charge in [-0.15, -0.1) is 0 Å². The minimum Gasteiger partial charge on any atom is -0.288 e. The highest BCUT2D eigenvalue weighted by Crippen LogP contribution is 2.14. The number of nitrogens with one attached hydrogen (secondary N) is 1. The largest absolute Gasteiger partial charge is 0.471 e. The van der Waals surface area contributed by atoms with Crippen molar-refractivity contribution in [1.29, 1.82) is 0 Å². The van der Waals surface area contributed by atoms with Gasteiger partial charge in [0.2, 0.25) is 5.91 Å². The summed E-state index contributed by atoms with van der Waals surface area (Å²) < 4.78 is 34.8. The predicted octanol–water partition coefficient (Wildman–Crippen LogP) is 1.24. The predicted molar refractivity (Wildman–Crippen MR) is 38.7 cm³/mol. The van der Waals surface area contributed by atoms with Crippen LogP contribution in [-0.2, 0) is 9.59 Å². The zero-order valence-corrected chi connectivity index (χ0v) is 7.23. The zero-order valence-electron chi connectivity index (χ0n) is 7.23. The number of carbonyl (C=O) groups excluding carboxylic acids is 2. The highest BCUT2D eigenvalue weighted by molar-refractivity contribution is 5.98. The first-order valence-corrected chi connectivity index (χ1v) is 3.71. The third-order valence-electron chi connectivity index (χ3n) is 1.55. The fourth-order valence-electron chi connectivity index (χ4n) is 0.491.